The van der Waals surface area contributed by atoms with Crippen LogP contribution in [0.15, 0.2) is 30.3 Å². The molecule has 0 bridgehead atoms. The third-order valence-corrected chi connectivity index (χ3v) is 5.86. The van der Waals surface area contributed by atoms with Crippen LogP contribution in [0.25, 0.3) is 0 Å². The normalized spacial score (nSPS) is 37.3. The largest absolute Gasteiger partial charge is 0.388 e. The second-order valence-corrected chi connectivity index (χ2v) is 7.09. The number of piperidine rings is 1. The molecule has 2 heteroatoms. The summed E-state index contributed by atoms with van der Waals surface area (Å²) in [7, 11) is 0. The van der Waals surface area contributed by atoms with Crippen molar-refractivity contribution in [1.29, 1.82) is 0 Å². The molecule has 1 saturated carbocycles. The van der Waals surface area contributed by atoms with Gasteiger partial charge in [-0.15, -0.1) is 0 Å². The lowest BCUT2D eigenvalue weighted by Gasteiger charge is -2.45. The lowest BCUT2D eigenvalue weighted by molar-refractivity contribution is -0.0473. The van der Waals surface area contributed by atoms with Crippen molar-refractivity contribution < 1.29 is 5.11 Å². The van der Waals surface area contributed by atoms with Gasteiger partial charge in [0.05, 0.1) is 5.60 Å². The first-order valence-corrected chi connectivity index (χ1v) is 8.72. The first-order chi connectivity index (χ1) is 10.2. The summed E-state index contributed by atoms with van der Waals surface area (Å²) in [6.45, 7) is 3.36. The molecule has 0 amide bonds. The molecule has 0 radical (unpaired) electrons. The molecule has 3 rings (SSSR count). The summed E-state index contributed by atoms with van der Waals surface area (Å²) in [5.74, 6) is 1.43. The molecule has 116 valence electrons. The summed E-state index contributed by atoms with van der Waals surface area (Å²) in [5.41, 5.74) is 0.974. The lowest BCUT2D eigenvalue weighted by atomic mass is 9.70. The molecule has 1 aromatic rings. The highest BCUT2D eigenvalue weighted by Gasteiger charge is 2.42. The SMILES string of the molecule is CCC1CCNC(C2(O)CCC(c3ccccc3)CC2)C1. The molecule has 1 aromatic carbocycles. The predicted molar refractivity (Wildman–Crippen MR) is 87.4 cm³/mol. The van der Waals surface area contributed by atoms with Crippen LogP contribution in [0.2, 0.25) is 0 Å². The van der Waals surface area contributed by atoms with E-state index in [0.29, 0.717) is 12.0 Å². The fourth-order valence-corrected chi connectivity index (χ4v) is 4.30. The zero-order valence-electron chi connectivity index (χ0n) is 13.2. The van der Waals surface area contributed by atoms with Crippen molar-refractivity contribution in [3.05, 3.63) is 35.9 Å². The number of benzene rings is 1. The molecule has 1 saturated heterocycles. The monoisotopic (exact) mass is 287 g/mol. The molecule has 1 heterocycles. The van der Waals surface area contributed by atoms with Gasteiger partial charge in [-0.1, -0.05) is 43.7 Å². The van der Waals surface area contributed by atoms with Crippen molar-refractivity contribution in [3.8, 4) is 0 Å². The van der Waals surface area contributed by atoms with Gasteiger partial charge in [-0.2, -0.15) is 0 Å². The van der Waals surface area contributed by atoms with Gasteiger partial charge in [-0.3, -0.25) is 0 Å². The number of aliphatic hydroxyl groups is 1. The highest BCUT2D eigenvalue weighted by Crippen LogP contribution is 2.41. The van der Waals surface area contributed by atoms with Crippen LogP contribution >= 0.6 is 0 Å². The number of hydrogen-bond acceptors (Lipinski definition) is 2. The highest BCUT2D eigenvalue weighted by molar-refractivity contribution is 5.20. The topological polar surface area (TPSA) is 32.3 Å². The van der Waals surface area contributed by atoms with Crippen LogP contribution in [0, 0.1) is 5.92 Å². The van der Waals surface area contributed by atoms with E-state index in [1.54, 1.807) is 0 Å². The average molecular weight is 287 g/mol. The fraction of sp³-hybridized carbons (Fsp3) is 0.684. The van der Waals surface area contributed by atoms with E-state index in [2.05, 4.69) is 42.6 Å². The maximum absolute atomic E-state index is 11.1. The van der Waals surface area contributed by atoms with Gasteiger partial charge < -0.3 is 10.4 Å². The van der Waals surface area contributed by atoms with Gasteiger partial charge in [0.2, 0.25) is 0 Å². The van der Waals surface area contributed by atoms with E-state index in [4.69, 9.17) is 0 Å². The Morgan fingerprint density at radius 2 is 1.86 bits per heavy atom. The second kappa shape index (κ2) is 6.50. The van der Waals surface area contributed by atoms with E-state index in [1.807, 2.05) is 0 Å². The van der Waals surface area contributed by atoms with Gasteiger partial charge in [0, 0.05) is 6.04 Å². The molecular weight excluding hydrogens is 258 g/mol. The Kier molecular flexibility index (Phi) is 4.66. The van der Waals surface area contributed by atoms with Crippen molar-refractivity contribution in [3.63, 3.8) is 0 Å². The van der Waals surface area contributed by atoms with Crippen molar-refractivity contribution in [2.24, 2.45) is 5.92 Å². The minimum absolute atomic E-state index is 0.313. The lowest BCUT2D eigenvalue weighted by Crippen LogP contribution is -2.55. The molecule has 2 nitrogen and oxygen atoms in total. The Hall–Kier alpha value is -0.860. The van der Waals surface area contributed by atoms with Gasteiger partial charge >= 0.3 is 0 Å². The summed E-state index contributed by atoms with van der Waals surface area (Å²) in [6.07, 6.45) is 7.81. The van der Waals surface area contributed by atoms with E-state index in [0.717, 1.165) is 44.6 Å². The minimum atomic E-state index is -0.473. The van der Waals surface area contributed by atoms with Gasteiger partial charge in [-0.25, -0.2) is 0 Å². The van der Waals surface area contributed by atoms with Crippen LogP contribution < -0.4 is 5.32 Å². The Bertz CT molecular complexity index is 436. The van der Waals surface area contributed by atoms with E-state index >= 15 is 0 Å². The standard InChI is InChI=1S/C19H29NO/c1-2-15-10-13-20-18(14-15)19(21)11-8-17(9-12-19)16-6-4-3-5-7-16/h3-7,15,17-18,20-21H,2,8-14H2,1H3. The fourth-order valence-electron chi connectivity index (χ4n) is 4.30. The molecule has 0 spiro atoms. The number of nitrogens with one attached hydrogen (secondary N) is 1. The van der Waals surface area contributed by atoms with Gasteiger partial charge in [-0.05, 0) is 62.5 Å². The Balaban J connectivity index is 1.61. The smallest absolute Gasteiger partial charge is 0.0800 e. The maximum Gasteiger partial charge on any atom is 0.0800 e. The molecule has 2 unspecified atom stereocenters. The van der Waals surface area contributed by atoms with Crippen LogP contribution in [0.4, 0.5) is 0 Å². The molecular formula is C19H29NO. The zero-order chi connectivity index (χ0) is 14.7. The van der Waals surface area contributed by atoms with Gasteiger partial charge in [0.25, 0.3) is 0 Å². The Morgan fingerprint density at radius 3 is 2.52 bits per heavy atom. The minimum Gasteiger partial charge on any atom is -0.388 e. The molecule has 2 aliphatic rings. The first-order valence-electron chi connectivity index (χ1n) is 8.72. The predicted octanol–water partition coefficient (Wildman–Crippen LogP) is 3.85. The molecule has 2 atom stereocenters. The molecule has 1 aliphatic carbocycles. The maximum atomic E-state index is 11.1. The van der Waals surface area contributed by atoms with E-state index in [9.17, 15) is 5.11 Å². The van der Waals surface area contributed by atoms with Crippen molar-refractivity contribution >= 4 is 0 Å². The molecule has 2 fully saturated rings. The molecule has 2 N–H and O–H groups in total. The van der Waals surface area contributed by atoms with Gasteiger partial charge in [0.15, 0.2) is 0 Å². The molecule has 1 aliphatic heterocycles. The van der Waals surface area contributed by atoms with Crippen LogP contribution in [0.1, 0.15) is 63.4 Å². The van der Waals surface area contributed by atoms with Crippen LogP contribution in [0.3, 0.4) is 0 Å². The first kappa shape index (κ1) is 15.1. The number of rotatable bonds is 3. The van der Waals surface area contributed by atoms with Crippen LogP contribution in [0.5, 0.6) is 0 Å². The number of hydrogen-bond donors (Lipinski definition) is 2. The highest BCUT2D eigenvalue weighted by atomic mass is 16.3. The Labute approximate surface area is 129 Å². The van der Waals surface area contributed by atoms with Crippen molar-refractivity contribution in [1.82, 2.24) is 5.32 Å². The molecule has 21 heavy (non-hydrogen) atoms. The van der Waals surface area contributed by atoms with Gasteiger partial charge in [0.1, 0.15) is 0 Å². The summed E-state index contributed by atoms with van der Waals surface area (Å²) in [4.78, 5) is 0. The van der Waals surface area contributed by atoms with Crippen molar-refractivity contribution in [2.45, 2.75) is 69.4 Å². The summed E-state index contributed by atoms with van der Waals surface area (Å²) in [5, 5.41) is 14.7. The van der Waals surface area contributed by atoms with E-state index in [-0.39, 0.29) is 0 Å². The Morgan fingerprint density at radius 1 is 1.14 bits per heavy atom. The second-order valence-electron chi connectivity index (χ2n) is 7.09. The summed E-state index contributed by atoms with van der Waals surface area (Å²) in [6, 6.07) is 11.1. The molecule has 0 aromatic heterocycles. The van der Waals surface area contributed by atoms with Crippen LogP contribution in [-0.2, 0) is 0 Å². The zero-order valence-corrected chi connectivity index (χ0v) is 13.2. The van der Waals surface area contributed by atoms with Crippen LogP contribution in [-0.4, -0.2) is 23.3 Å². The third-order valence-electron chi connectivity index (χ3n) is 5.86. The van der Waals surface area contributed by atoms with E-state index < -0.39 is 5.60 Å². The quantitative estimate of drug-likeness (QED) is 0.885. The summed E-state index contributed by atoms with van der Waals surface area (Å²) >= 11 is 0. The summed E-state index contributed by atoms with van der Waals surface area (Å²) < 4.78 is 0. The average Bonchev–Trinajstić information content (AvgIpc) is 2.56. The van der Waals surface area contributed by atoms with Crippen molar-refractivity contribution in [2.75, 3.05) is 6.54 Å². The van der Waals surface area contributed by atoms with E-state index in [1.165, 1.54) is 18.4 Å². The third kappa shape index (κ3) is 3.32.